The number of nitrogens with zero attached hydrogens (tertiary/aromatic N) is 1. The Hall–Kier alpha value is -0.800. The molecule has 4 nitrogen and oxygen atoms in total. The third kappa shape index (κ3) is 5.95. The molecule has 0 rings (SSSR count). The Morgan fingerprint density at radius 3 is 2.33 bits per heavy atom. The molecular weight excluding hydrogens is 158 g/mol. The van der Waals surface area contributed by atoms with Crippen molar-refractivity contribution in [1.29, 1.82) is 0 Å². The molecule has 0 saturated heterocycles. The molecule has 72 valence electrons. The van der Waals surface area contributed by atoms with E-state index in [2.05, 4.69) is 18.7 Å². The standard InChI is InChI=1S/C8H17NO3/c1-4-8(12-9(10)11)6-5-7(2)3/h7-8H,4-6H2,1-3H3. The van der Waals surface area contributed by atoms with Crippen LogP contribution in [0.3, 0.4) is 0 Å². The molecule has 0 aromatic heterocycles. The smallest absolute Gasteiger partial charge is 0.294 e. The minimum atomic E-state index is -0.700. The van der Waals surface area contributed by atoms with E-state index in [1.807, 2.05) is 6.92 Å². The van der Waals surface area contributed by atoms with Crippen molar-refractivity contribution in [3.63, 3.8) is 0 Å². The van der Waals surface area contributed by atoms with Gasteiger partial charge in [0, 0.05) is 0 Å². The molecule has 0 aliphatic rings. The molecule has 0 radical (unpaired) electrons. The number of hydrogen-bond acceptors (Lipinski definition) is 3. The van der Waals surface area contributed by atoms with Gasteiger partial charge in [0.2, 0.25) is 0 Å². The van der Waals surface area contributed by atoms with Gasteiger partial charge >= 0.3 is 0 Å². The monoisotopic (exact) mass is 175 g/mol. The van der Waals surface area contributed by atoms with Gasteiger partial charge < -0.3 is 4.84 Å². The molecule has 0 aliphatic carbocycles. The van der Waals surface area contributed by atoms with Gasteiger partial charge in [-0.25, -0.2) is 0 Å². The minimum Gasteiger partial charge on any atom is -0.311 e. The number of rotatable bonds is 6. The van der Waals surface area contributed by atoms with Gasteiger partial charge in [-0.15, -0.1) is 10.1 Å². The molecule has 0 aliphatic heterocycles. The van der Waals surface area contributed by atoms with Crippen molar-refractivity contribution in [1.82, 2.24) is 0 Å². The van der Waals surface area contributed by atoms with Gasteiger partial charge in [0.15, 0.2) is 0 Å². The van der Waals surface area contributed by atoms with Crippen molar-refractivity contribution in [3.8, 4) is 0 Å². The lowest BCUT2D eigenvalue weighted by Gasteiger charge is -2.13. The van der Waals surface area contributed by atoms with E-state index >= 15 is 0 Å². The second kappa shape index (κ2) is 5.80. The van der Waals surface area contributed by atoms with Crippen LogP contribution in [-0.4, -0.2) is 11.2 Å². The molecular formula is C8H17NO3. The highest BCUT2D eigenvalue weighted by Gasteiger charge is 2.10. The first kappa shape index (κ1) is 11.2. The molecule has 0 aromatic carbocycles. The zero-order valence-electron chi connectivity index (χ0n) is 7.95. The second-order valence-corrected chi connectivity index (χ2v) is 3.33. The van der Waals surface area contributed by atoms with E-state index in [1.165, 1.54) is 0 Å². The van der Waals surface area contributed by atoms with Crippen LogP contribution in [0, 0.1) is 16.0 Å². The summed E-state index contributed by atoms with van der Waals surface area (Å²) in [5.41, 5.74) is 0. The van der Waals surface area contributed by atoms with Crippen molar-refractivity contribution in [2.24, 2.45) is 5.92 Å². The molecule has 0 N–H and O–H groups in total. The Balaban J connectivity index is 3.60. The predicted molar refractivity (Wildman–Crippen MR) is 46.2 cm³/mol. The third-order valence-corrected chi connectivity index (χ3v) is 1.76. The first-order chi connectivity index (χ1) is 5.56. The van der Waals surface area contributed by atoms with Crippen LogP contribution in [0.2, 0.25) is 0 Å². The maximum atomic E-state index is 10.00. The van der Waals surface area contributed by atoms with Crippen LogP contribution in [0.4, 0.5) is 0 Å². The van der Waals surface area contributed by atoms with E-state index in [9.17, 15) is 10.1 Å². The zero-order valence-corrected chi connectivity index (χ0v) is 7.95. The van der Waals surface area contributed by atoms with E-state index in [0.29, 0.717) is 12.3 Å². The normalized spacial score (nSPS) is 13.0. The Labute approximate surface area is 73.0 Å². The second-order valence-electron chi connectivity index (χ2n) is 3.33. The van der Waals surface area contributed by atoms with Gasteiger partial charge in [0.25, 0.3) is 5.09 Å². The van der Waals surface area contributed by atoms with Crippen LogP contribution in [0.1, 0.15) is 40.0 Å². The van der Waals surface area contributed by atoms with Crippen LogP contribution in [0.25, 0.3) is 0 Å². The first-order valence-electron chi connectivity index (χ1n) is 4.37. The molecule has 0 spiro atoms. The molecule has 1 atom stereocenters. The largest absolute Gasteiger partial charge is 0.311 e. The highest BCUT2D eigenvalue weighted by atomic mass is 17.0. The fraction of sp³-hybridized carbons (Fsp3) is 1.00. The summed E-state index contributed by atoms with van der Waals surface area (Å²) < 4.78 is 0. The summed E-state index contributed by atoms with van der Waals surface area (Å²) in [5.74, 6) is 0.578. The molecule has 4 heteroatoms. The van der Waals surface area contributed by atoms with Crippen LogP contribution < -0.4 is 0 Å². The maximum absolute atomic E-state index is 10.00. The van der Waals surface area contributed by atoms with E-state index in [0.717, 1.165) is 12.8 Å². The van der Waals surface area contributed by atoms with Crippen LogP contribution in [0.15, 0.2) is 0 Å². The van der Waals surface area contributed by atoms with Gasteiger partial charge in [-0.1, -0.05) is 20.8 Å². The van der Waals surface area contributed by atoms with Crippen LogP contribution >= 0.6 is 0 Å². The van der Waals surface area contributed by atoms with Gasteiger partial charge in [-0.2, -0.15) is 0 Å². The summed E-state index contributed by atoms with van der Waals surface area (Å²) in [6.45, 7) is 6.09. The van der Waals surface area contributed by atoms with Crippen molar-refractivity contribution in [3.05, 3.63) is 10.1 Å². The Morgan fingerprint density at radius 2 is 2.00 bits per heavy atom. The van der Waals surface area contributed by atoms with E-state index in [-0.39, 0.29) is 6.10 Å². The highest BCUT2D eigenvalue weighted by Crippen LogP contribution is 2.11. The molecule has 0 bridgehead atoms. The minimum absolute atomic E-state index is 0.220. The lowest BCUT2D eigenvalue weighted by Crippen LogP contribution is -2.16. The highest BCUT2D eigenvalue weighted by molar-refractivity contribution is 4.55. The summed E-state index contributed by atoms with van der Waals surface area (Å²) in [7, 11) is 0. The zero-order chi connectivity index (χ0) is 9.56. The van der Waals surface area contributed by atoms with Crippen molar-refractivity contribution in [2.45, 2.75) is 46.1 Å². The molecule has 0 amide bonds. The van der Waals surface area contributed by atoms with E-state index < -0.39 is 5.09 Å². The van der Waals surface area contributed by atoms with Gasteiger partial charge in [0.05, 0.1) is 0 Å². The average molecular weight is 175 g/mol. The molecule has 12 heavy (non-hydrogen) atoms. The van der Waals surface area contributed by atoms with Crippen LogP contribution in [-0.2, 0) is 4.84 Å². The Morgan fingerprint density at radius 1 is 1.42 bits per heavy atom. The molecule has 1 unspecified atom stereocenters. The van der Waals surface area contributed by atoms with Crippen molar-refractivity contribution < 1.29 is 9.92 Å². The molecule has 0 saturated carbocycles. The third-order valence-electron chi connectivity index (χ3n) is 1.76. The van der Waals surface area contributed by atoms with Crippen LogP contribution in [0.5, 0.6) is 0 Å². The molecule has 0 aromatic rings. The van der Waals surface area contributed by atoms with Gasteiger partial charge in [-0.3, -0.25) is 0 Å². The van der Waals surface area contributed by atoms with E-state index in [1.54, 1.807) is 0 Å². The van der Waals surface area contributed by atoms with Crippen molar-refractivity contribution >= 4 is 0 Å². The van der Waals surface area contributed by atoms with Crippen molar-refractivity contribution in [2.75, 3.05) is 0 Å². The van der Waals surface area contributed by atoms with Gasteiger partial charge in [0.1, 0.15) is 6.10 Å². The Kier molecular flexibility index (Phi) is 5.41. The lowest BCUT2D eigenvalue weighted by atomic mass is 10.0. The topological polar surface area (TPSA) is 52.4 Å². The Bertz CT molecular complexity index is 136. The lowest BCUT2D eigenvalue weighted by molar-refractivity contribution is -0.768. The summed E-state index contributed by atoms with van der Waals surface area (Å²) in [6.07, 6.45) is 2.23. The molecule has 0 fully saturated rings. The van der Waals surface area contributed by atoms with E-state index in [4.69, 9.17) is 0 Å². The quantitative estimate of drug-likeness (QED) is 0.460. The fourth-order valence-corrected chi connectivity index (χ4v) is 0.972. The summed E-state index contributed by atoms with van der Waals surface area (Å²) in [6, 6.07) is 0. The summed E-state index contributed by atoms with van der Waals surface area (Å²) in [4.78, 5) is 14.5. The first-order valence-corrected chi connectivity index (χ1v) is 4.37. The summed E-state index contributed by atoms with van der Waals surface area (Å²) in [5, 5.41) is 9.30. The summed E-state index contributed by atoms with van der Waals surface area (Å²) >= 11 is 0. The molecule has 0 heterocycles. The maximum Gasteiger partial charge on any atom is 0.294 e. The SMILES string of the molecule is CCC(CCC(C)C)O[N+](=O)[O-]. The van der Waals surface area contributed by atoms with Gasteiger partial charge in [-0.05, 0) is 25.2 Å². The number of hydrogen-bond donors (Lipinski definition) is 0. The predicted octanol–water partition coefficient (Wildman–Crippen LogP) is 2.41. The average Bonchev–Trinajstić information content (AvgIpc) is 1.97. The fourth-order valence-electron chi connectivity index (χ4n) is 0.972.